The van der Waals surface area contributed by atoms with Crippen LogP contribution in [0.4, 0.5) is 8.78 Å². The van der Waals surface area contributed by atoms with E-state index in [0.717, 1.165) is 31.4 Å². The van der Waals surface area contributed by atoms with E-state index >= 15 is 0 Å². The van der Waals surface area contributed by atoms with Crippen molar-refractivity contribution in [2.45, 2.75) is 50.4 Å². The second kappa shape index (κ2) is 11.3. The Balaban J connectivity index is 1.44. The van der Waals surface area contributed by atoms with Gasteiger partial charge < -0.3 is 10.6 Å². The van der Waals surface area contributed by atoms with Crippen LogP contribution >= 0.6 is 12.6 Å². The normalized spacial score (nSPS) is 15.0. The highest BCUT2D eigenvalue weighted by Crippen LogP contribution is 2.24. The van der Waals surface area contributed by atoms with Gasteiger partial charge in [0.15, 0.2) is 5.78 Å². The summed E-state index contributed by atoms with van der Waals surface area (Å²) >= 11 is 4.63. The zero-order valence-electron chi connectivity index (χ0n) is 17.0. The maximum atomic E-state index is 14.4. The standard InChI is InChI=1S/C24H28F2N2OS/c25-22-13-19(16-28-20-8-4-9-21(29)14-20)23(26)12-18(22)15-27-11-5-10-24(30)17-6-2-1-3-7-17/h1-3,6-7,12-14,24,27-28,30H,4-5,8-11,15-16H2/t24-/m1/s1. The molecule has 0 radical (unpaired) electrons. The molecule has 0 heterocycles. The number of benzene rings is 2. The molecule has 2 aromatic carbocycles. The molecule has 0 unspecified atom stereocenters. The number of nitrogens with one attached hydrogen (secondary N) is 2. The van der Waals surface area contributed by atoms with Crippen LogP contribution in [0.25, 0.3) is 0 Å². The molecule has 0 fully saturated rings. The summed E-state index contributed by atoms with van der Waals surface area (Å²) in [5.41, 5.74) is 2.55. The first-order valence-electron chi connectivity index (χ1n) is 10.4. The topological polar surface area (TPSA) is 41.1 Å². The van der Waals surface area contributed by atoms with E-state index in [1.54, 1.807) is 6.08 Å². The van der Waals surface area contributed by atoms with E-state index in [1.807, 2.05) is 18.2 Å². The molecule has 0 bridgehead atoms. The fourth-order valence-electron chi connectivity index (χ4n) is 3.53. The monoisotopic (exact) mass is 430 g/mol. The van der Waals surface area contributed by atoms with Crippen molar-refractivity contribution >= 4 is 18.4 Å². The summed E-state index contributed by atoms with van der Waals surface area (Å²) in [7, 11) is 0. The third-order valence-electron chi connectivity index (χ3n) is 5.26. The van der Waals surface area contributed by atoms with Crippen LogP contribution in [0, 0.1) is 11.6 Å². The minimum absolute atomic E-state index is 0.0739. The SMILES string of the molecule is O=C1C=C(NCc2cc(F)c(CNCCC[C@@H](S)c3ccccc3)cc2F)CCC1. The summed E-state index contributed by atoms with van der Waals surface area (Å²) in [6.45, 7) is 1.15. The Kier molecular flexibility index (Phi) is 8.46. The Morgan fingerprint density at radius 3 is 2.40 bits per heavy atom. The first-order valence-corrected chi connectivity index (χ1v) is 10.9. The molecule has 0 aliphatic heterocycles. The molecule has 0 spiro atoms. The number of halogens is 2. The number of carbonyl (C=O) groups excluding carboxylic acids is 1. The van der Waals surface area contributed by atoms with E-state index < -0.39 is 11.6 Å². The minimum atomic E-state index is -0.442. The van der Waals surface area contributed by atoms with Gasteiger partial charge in [-0.1, -0.05) is 30.3 Å². The molecule has 30 heavy (non-hydrogen) atoms. The molecule has 0 saturated heterocycles. The first-order chi connectivity index (χ1) is 14.5. The van der Waals surface area contributed by atoms with Crippen molar-refractivity contribution in [3.8, 4) is 0 Å². The van der Waals surface area contributed by atoms with E-state index in [9.17, 15) is 13.6 Å². The number of carbonyl (C=O) groups is 1. The molecular weight excluding hydrogens is 402 g/mol. The van der Waals surface area contributed by atoms with Gasteiger partial charge in [-0.15, -0.1) is 0 Å². The Morgan fingerprint density at radius 2 is 1.70 bits per heavy atom. The fourth-order valence-corrected chi connectivity index (χ4v) is 3.88. The van der Waals surface area contributed by atoms with Crippen LogP contribution in [-0.2, 0) is 17.9 Å². The number of hydrogen-bond acceptors (Lipinski definition) is 4. The van der Waals surface area contributed by atoms with E-state index in [1.165, 1.54) is 17.7 Å². The summed E-state index contributed by atoms with van der Waals surface area (Å²) in [5, 5.41) is 6.40. The molecule has 0 aromatic heterocycles. The third kappa shape index (κ3) is 6.67. The average molecular weight is 431 g/mol. The predicted molar refractivity (Wildman–Crippen MR) is 119 cm³/mol. The molecule has 2 N–H and O–H groups in total. The highest BCUT2D eigenvalue weighted by atomic mass is 32.1. The van der Waals surface area contributed by atoms with Gasteiger partial charge in [0.25, 0.3) is 0 Å². The van der Waals surface area contributed by atoms with Gasteiger partial charge in [-0.05, 0) is 49.9 Å². The van der Waals surface area contributed by atoms with Crippen LogP contribution in [-0.4, -0.2) is 12.3 Å². The minimum Gasteiger partial charge on any atom is -0.384 e. The Bertz CT molecular complexity index is 886. The van der Waals surface area contributed by atoms with E-state index in [4.69, 9.17) is 0 Å². The highest BCUT2D eigenvalue weighted by molar-refractivity contribution is 7.80. The molecule has 160 valence electrons. The zero-order valence-corrected chi connectivity index (χ0v) is 17.9. The van der Waals surface area contributed by atoms with Gasteiger partial charge >= 0.3 is 0 Å². The van der Waals surface area contributed by atoms with Gasteiger partial charge in [-0.25, -0.2) is 8.78 Å². The van der Waals surface area contributed by atoms with Crippen LogP contribution in [0.5, 0.6) is 0 Å². The zero-order chi connectivity index (χ0) is 21.3. The van der Waals surface area contributed by atoms with Crippen molar-refractivity contribution < 1.29 is 13.6 Å². The first kappa shape index (κ1) is 22.5. The molecule has 0 amide bonds. The molecule has 1 aliphatic carbocycles. The lowest BCUT2D eigenvalue weighted by Crippen LogP contribution is -2.19. The second-order valence-corrected chi connectivity index (χ2v) is 8.25. The summed E-state index contributed by atoms with van der Waals surface area (Å²) in [5.74, 6) is -0.793. The fraction of sp³-hybridized carbons (Fsp3) is 0.375. The summed E-state index contributed by atoms with van der Waals surface area (Å²) in [6, 6.07) is 12.6. The molecular formula is C24H28F2N2OS. The Morgan fingerprint density at radius 1 is 1.00 bits per heavy atom. The highest BCUT2D eigenvalue weighted by Gasteiger charge is 2.13. The van der Waals surface area contributed by atoms with Crippen LogP contribution in [0.2, 0.25) is 0 Å². The number of rotatable bonds is 10. The smallest absolute Gasteiger partial charge is 0.157 e. The van der Waals surface area contributed by atoms with Crippen molar-refractivity contribution in [3.63, 3.8) is 0 Å². The van der Waals surface area contributed by atoms with Crippen molar-refractivity contribution in [3.05, 3.63) is 82.6 Å². The average Bonchev–Trinajstić information content (AvgIpc) is 2.75. The summed E-state index contributed by atoms with van der Waals surface area (Å²) < 4.78 is 28.8. The van der Waals surface area contributed by atoms with Gasteiger partial charge in [0, 0.05) is 47.7 Å². The number of hydrogen-bond donors (Lipinski definition) is 3. The molecule has 1 aliphatic rings. The lowest BCUT2D eigenvalue weighted by molar-refractivity contribution is -0.115. The van der Waals surface area contributed by atoms with Crippen LogP contribution in [0.1, 0.15) is 54.0 Å². The summed E-state index contributed by atoms with van der Waals surface area (Å²) in [6.07, 6.45) is 5.45. The predicted octanol–water partition coefficient (Wildman–Crippen LogP) is 5.23. The van der Waals surface area contributed by atoms with Gasteiger partial charge in [0.05, 0.1) is 0 Å². The van der Waals surface area contributed by atoms with Crippen molar-refractivity contribution in [1.82, 2.24) is 10.6 Å². The van der Waals surface area contributed by atoms with Crippen molar-refractivity contribution in [2.75, 3.05) is 6.54 Å². The van der Waals surface area contributed by atoms with E-state index in [-0.39, 0.29) is 29.7 Å². The van der Waals surface area contributed by atoms with Crippen LogP contribution in [0.3, 0.4) is 0 Å². The van der Waals surface area contributed by atoms with Crippen molar-refractivity contribution in [2.24, 2.45) is 0 Å². The van der Waals surface area contributed by atoms with Gasteiger partial charge in [0.2, 0.25) is 0 Å². The quantitative estimate of drug-likeness (QED) is 0.357. The lowest BCUT2D eigenvalue weighted by Gasteiger charge is -2.15. The molecule has 3 nitrogen and oxygen atoms in total. The number of allylic oxidation sites excluding steroid dienone is 2. The third-order valence-corrected chi connectivity index (χ3v) is 5.81. The Labute approximate surface area is 182 Å². The maximum absolute atomic E-state index is 14.4. The molecule has 0 saturated carbocycles. The Hall–Kier alpha value is -2.18. The van der Waals surface area contributed by atoms with Gasteiger partial charge in [-0.2, -0.15) is 12.6 Å². The molecule has 3 rings (SSSR count). The van der Waals surface area contributed by atoms with Gasteiger partial charge in [-0.3, -0.25) is 4.79 Å². The van der Waals surface area contributed by atoms with Crippen LogP contribution < -0.4 is 10.6 Å². The maximum Gasteiger partial charge on any atom is 0.157 e. The molecule has 1 atom stereocenters. The van der Waals surface area contributed by atoms with E-state index in [2.05, 4.69) is 35.4 Å². The summed E-state index contributed by atoms with van der Waals surface area (Å²) in [4.78, 5) is 11.4. The molecule has 2 aromatic rings. The molecule has 6 heteroatoms. The number of thiol groups is 1. The van der Waals surface area contributed by atoms with Gasteiger partial charge in [0.1, 0.15) is 11.6 Å². The largest absolute Gasteiger partial charge is 0.384 e. The van der Waals surface area contributed by atoms with Crippen LogP contribution in [0.15, 0.2) is 54.2 Å². The lowest BCUT2D eigenvalue weighted by atomic mass is 10.0. The van der Waals surface area contributed by atoms with Crippen molar-refractivity contribution in [1.29, 1.82) is 0 Å². The van der Waals surface area contributed by atoms with E-state index in [0.29, 0.717) is 18.5 Å². The number of ketones is 1. The second-order valence-electron chi connectivity index (χ2n) is 7.62.